The molecule has 0 saturated carbocycles. The fourth-order valence-electron chi connectivity index (χ4n) is 2.11. The third kappa shape index (κ3) is 4.73. The monoisotopic (exact) mass is 323 g/mol. The standard InChI is InChI=1S/C17H19ClFNS/c1-12-5-3-4-6-17(12)21-11-15(20-2)9-13-7-8-14(18)10-16(13)19/h3-8,10,15,20H,9,11H2,1-2H3. The molecule has 2 aromatic rings. The Hall–Kier alpha value is -1.03. The number of halogens is 2. The molecule has 0 aliphatic heterocycles. The molecule has 2 rings (SSSR count). The van der Waals surface area contributed by atoms with Gasteiger partial charge in [-0.25, -0.2) is 4.39 Å². The average Bonchev–Trinajstić information content (AvgIpc) is 2.47. The van der Waals surface area contributed by atoms with Crippen LogP contribution in [-0.2, 0) is 6.42 Å². The number of aryl methyl sites for hydroxylation is 1. The molecule has 0 radical (unpaired) electrons. The minimum atomic E-state index is -0.233. The predicted molar refractivity (Wildman–Crippen MR) is 89.9 cm³/mol. The van der Waals surface area contributed by atoms with Crippen LogP contribution in [0.4, 0.5) is 4.39 Å². The Balaban J connectivity index is 1.99. The van der Waals surface area contributed by atoms with Crippen LogP contribution >= 0.6 is 23.4 Å². The molecule has 0 spiro atoms. The fraction of sp³-hybridized carbons (Fsp3) is 0.294. The normalized spacial score (nSPS) is 12.4. The SMILES string of the molecule is CNC(CSc1ccccc1C)Cc1ccc(Cl)cc1F. The molecular weight excluding hydrogens is 305 g/mol. The summed E-state index contributed by atoms with van der Waals surface area (Å²) in [7, 11) is 1.91. The number of rotatable bonds is 6. The van der Waals surface area contributed by atoms with Gasteiger partial charge in [0.25, 0.3) is 0 Å². The highest BCUT2D eigenvalue weighted by atomic mass is 35.5. The highest BCUT2D eigenvalue weighted by Crippen LogP contribution is 2.24. The summed E-state index contributed by atoms with van der Waals surface area (Å²) in [6, 6.07) is 13.4. The molecule has 0 aliphatic carbocycles. The van der Waals surface area contributed by atoms with Gasteiger partial charge in [0.15, 0.2) is 0 Å². The van der Waals surface area contributed by atoms with Gasteiger partial charge in [-0.1, -0.05) is 35.9 Å². The van der Waals surface area contributed by atoms with Crippen LogP contribution in [0.25, 0.3) is 0 Å². The maximum Gasteiger partial charge on any atom is 0.127 e. The summed E-state index contributed by atoms with van der Waals surface area (Å²) in [4.78, 5) is 1.27. The van der Waals surface area contributed by atoms with Crippen molar-refractivity contribution >= 4 is 23.4 Å². The zero-order valence-electron chi connectivity index (χ0n) is 12.2. The molecule has 1 atom stereocenters. The first-order valence-electron chi connectivity index (χ1n) is 6.89. The van der Waals surface area contributed by atoms with Gasteiger partial charge in [-0.05, 0) is 49.7 Å². The third-order valence-electron chi connectivity index (χ3n) is 3.42. The first-order chi connectivity index (χ1) is 10.1. The van der Waals surface area contributed by atoms with Gasteiger partial charge in [0, 0.05) is 21.7 Å². The van der Waals surface area contributed by atoms with Crippen molar-refractivity contribution in [1.29, 1.82) is 0 Å². The van der Waals surface area contributed by atoms with Gasteiger partial charge < -0.3 is 5.32 Å². The summed E-state index contributed by atoms with van der Waals surface area (Å²) >= 11 is 7.58. The van der Waals surface area contributed by atoms with Crippen molar-refractivity contribution < 1.29 is 4.39 Å². The van der Waals surface area contributed by atoms with Gasteiger partial charge in [-0.3, -0.25) is 0 Å². The average molecular weight is 324 g/mol. The lowest BCUT2D eigenvalue weighted by atomic mass is 10.1. The van der Waals surface area contributed by atoms with Gasteiger partial charge in [-0.2, -0.15) is 0 Å². The van der Waals surface area contributed by atoms with E-state index in [0.717, 1.165) is 5.75 Å². The molecule has 2 aromatic carbocycles. The van der Waals surface area contributed by atoms with Crippen LogP contribution in [0.15, 0.2) is 47.4 Å². The van der Waals surface area contributed by atoms with Gasteiger partial charge >= 0.3 is 0 Å². The highest BCUT2D eigenvalue weighted by Gasteiger charge is 2.12. The van der Waals surface area contributed by atoms with Crippen LogP contribution in [-0.4, -0.2) is 18.8 Å². The van der Waals surface area contributed by atoms with E-state index in [-0.39, 0.29) is 11.9 Å². The third-order valence-corrected chi connectivity index (χ3v) is 5.00. The molecule has 1 nitrogen and oxygen atoms in total. The summed E-state index contributed by atoms with van der Waals surface area (Å²) in [6.07, 6.45) is 0.651. The van der Waals surface area contributed by atoms with E-state index in [4.69, 9.17) is 11.6 Å². The lowest BCUT2D eigenvalue weighted by molar-refractivity contribution is 0.568. The van der Waals surface area contributed by atoms with E-state index in [9.17, 15) is 4.39 Å². The van der Waals surface area contributed by atoms with Crippen molar-refractivity contribution in [3.63, 3.8) is 0 Å². The van der Waals surface area contributed by atoms with Crippen LogP contribution in [0.2, 0.25) is 5.02 Å². The summed E-state index contributed by atoms with van der Waals surface area (Å²) in [5.41, 5.74) is 1.97. The van der Waals surface area contributed by atoms with E-state index in [1.807, 2.05) is 19.2 Å². The predicted octanol–water partition coefficient (Wildman–Crippen LogP) is 4.71. The molecular formula is C17H19ClFNS. The van der Waals surface area contributed by atoms with E-state index in [1.54, 1.807) is 23.9 Å². The van der Waals surface area contributed by atoms with Crippen molar-refractivity contribution in [3.8, 4) is 0 Å². The summed E-state index contributed by atoms with van der Waals surface area (Å²) in [5, 5.41) is 3.70. The Kier molecular flexibility index (Phi) is 6.09. The van der Waals surface area contributed by atoms with Gasteiger partial charge in [-0.15, -0.1) is 11.8 Å². The largest absolute Gasteiger partial charge is 0.316 e. The minimum Gasteiger partial charge on any atom is -0.316 e. The first kappa shape index (κ1) is 16.3. The molecule has 4 heteroatoms. The maximum atomic E-state index is 13.9. The van der Waals surface area contributed by atoms with E-state index < -0.39 is 0 Å². The quantitative estimate of drug-likeness (QED) is 0.773. The molecule has 1 unspecified atom stereocenters. The smallest absolute Gasteiger partial charge is 0.127 e. The van der Waals surface area contributed by atoms with Crippen molar-refractivity contribution in [2.75, 3.05) is 12.8 Å². The Morgan fingerprint density at radius 1 is 1.24 bits per heavy atom. The Bertz CT molecular complexity index is 603. The van der Waals surface area contributed by atoms with E-state index >= 15 is 0 Å². The zero-order valence-corrected chi connectivity index (χ0v) is 13.8. The molecule has 0 aliphatic rings. The maximum absolute atomic E-state index is 13.9. The molecule has 0 bridgehead atoms. The molecule has 0 saturated heterocycles. The lowest BCUT2D eigenvalue weighted by Crippen LogP contribution is -2.30. The van der Waals surface area contributed by atoms with Crippen molar-refractivity contribution in [2.24, 2.45) is 0 Å². The van der Waals surface area contributed by atoms with Crippen molar-refractivity contribution in [2.45, 2.75) is 24.3 Å². The fourth-order valence-corrected chi connectivity index (χ4v) is 3.40. The molecule has 0 heterocycles. The molecule has 0 amide bonds. The summed E-state index contributed by atoms with van der Waals surface area (Å²) in [6.45, 7) is 2.11. The minimum absolute atomic E-state index is 0.213. The lowest BCUT2D eigenvalue weighted by Gasteiger charge is -2.17. The highest BCUT2D eigenvalue weighted by molar-refractivity contribution is 7.99. The molecule has 21 heavy (non-hydrogen) atoms. The van der Waals surface area contributed by atoms with Crippen LogP contribution in [0, 0.1) is 12.7 Å². The summed E-state index contributed by atoms with van der Waals surface area (Å²) < 4.78 is 13.9. The van der Waals surface area contributed by atoms with E-state index in [2.05, 4.69) is 24.4 Å². The van der Waals surface area contributed by atoms with E-state index in [1.165, 1.54) is 16.5 Å². The van der Waals surface area contributed by atoms with Gasteiger partial charge in [0.1, 0.15) is 5.82 Å². The number of nitrogens with one attached hydrogen (secondary N) is 1. The Morgan fingerprint density at radius 3 is 2.67 bits per heavy atom. The number of hydrogen-bond acceptors (Lipinski definition) is 2. The molecule has 112 valence electrons. The van der Waals surface area contributed by atoms with Crippen molar-refractivity contribution in [3.05, 3.63) is 64.4 Å². The number of likely N-dealkylation sites (N-methyl/N-ethyl adjacent to an activating group) is 1. The number of benzene rings is 2. The number of hydrogen-bond donors (Lipinski definition) is 1. The van der Waals surface area contributed by atoms with Crippen LogP contribution in [0.5, 0.6) is 0 Å². The van der Waals surface area contributed by atoms with E-state index in [0.29, 0.717) is 17.0 Å². The summed E-state index contributed by atoms with van der Waals surface area (Å²) in [5.74, 6) is 0.660. The zero-order chi connectivity index (χ0) is 15.2. The Labute approximate surface area is 134 Å². The first-order valence-corrected chi connectivity index (χ1v) is 8.26. The molecule has 0 aromatic heterocycles. The van der Waals surface area contributed by atoms with Gasteiger partial charge in [0.05, 0.1) is 0 Å². The van der Waals surface area contributed by atoms with Crippen molar-refractivity contribution in [1.82, 2.24) is 5.32 Å². The second-order valence-electron chi connectivity index (χ2n) is 5.00. The molecule has 1 N–H and O–H groups in total. The van der Waals surface area contributed by atoms with Crippen LogP contribution < -0.4 is 5.32 Å². The topological polar surface area (TPSA) is 12.0 Å². The Morgan fingerprint density at radius 2 is 2.00 bits per heavy atom. The number of thioether (sulfide) groups is 1. The second kappa shape index (κ2) is 7.83. The second-order valence-corrected chi connectivity index (χ2v) is 6.50. The molecule has 0 fully saturated rings. The van der Waals surface area contributed by atoms with Gasteiger partial charge in [0.2, 0.25) is 0 Å². The van der Waals surface area contributed by atoms with Crippen LogP contribution in [0.3, 0.4) is 0 Å². The van der Waals surface area contributed by atoms with Crippen LogP contribution in [0.1, 0.15) is 11.1 Å².